The number of methoxy groups -OCH3 is 2. The molecule has 0 aliphatic carbocycles. The number of likely N-dealkylation sites (tertiary alicyclic amines) is 1. The number of aryl methyl sites for hydroxylation is 1. The first-order valence-electron chi connectivity index (χ1n) is 7.72. The fourth-order valence-corrected chi connectivity index (χ4v) is 3.01. The molecule has 0 radical (unpaired) electrons. The summed E-state index contributed by atoms with van der Waals surface area (Å²) in [5.41, 5.74) is 7.46. The molecule has 0 saturated carbocycles. The molecule has 1 aliphatic rings. The van der Waals surface area contributed by atoms with Crippen LogP contribution in [0.5, 0.6) is 5.75 Å². The smallest absolute Gasteiger partial charge is 0.118 e. The van der Waals surface area contributed by atoms with Gasteiger partial charge >= 0.3 is 0 Å². The van der Waals surface area contributed by atoms with Crippen molar-refractivity contribution in [1.82, 2.24) is 4.90 Å². The van der Waals surface area contributed by atoms with Crippen molar-refractivity contribution >= 4 is 0 Å². The number of hydrogen-bond donors (Lipinski definition) is 1. The lowest BCUT2D eigenvalue weighted by Crippen LogP contribution is -2.51. The molecule has 2 unspecified atom stereocenters. The average Bonchev–Trinajstić information content (AvgIpc) is 3.03. The SMILES string of the molecule is COc1ccc(CCC(C)(CN)N2CCC(OC)C2)cc1. The van der Waals surface area contributed by atoms with E-state index in [1.807, 2.05) is 12.1 Å². The van der Waals surface area contributed by atoms with Crippen molar-refractivity contribution in [3.63, 3.8) is 0 Å². The Morgan fingerprint density at radius 2 is 2.00 bits per heavy atom. The topological polar surface area (TPSA) is 47.7 Å². The van der Waals surface area contributed by atoms with Crippen LogP contribution < -0.4 is 10.5 Å². The molecule has 4 nitrogen and oxygen atoms in total. The second-order valence-electron chi connectivity index (χ2n) is 6.14. The molecule has 4 heteroatoms. The van der Waals surface area contributed by atoms with E-state index in [1.54, 1.807) is 14.2 Å². The van der Waals surface area contributed by atoms with Gasteiger partial charge < -0.3 is 15.2 Å². The van der Waals surface area contributed by atoms with Crippen LogP contribution >= 0.6 is 0 Å². The minimum Gasteiger partial charge on any atom is -0.497 e. The maximum absolute atomic E-state index is 6.08. The van der Waals surface area contributed by atoms with E-state index in [9.17, 15) is 0 Å². The van der Waals surface area contributed by atoms with Gasteiger partial charge in [-0.15, -0.1) is 0 Å². The van der Waals surface area contributed by atoms with E-state index in [4.69, 9.17) is 15.2 Å². The van der Waals surface area contributed by atoms with E-state index in [1.165, 1.54) is 5.56 Å². The van der Waals surface area contributed by atoms with Gasteiger partial charge in [0.15, 0.2) is 0 Å². The van der Waals surface area contributed by atoms with Gasteiger partial charge in [-0.25, -0.2) is 0 Å². The number of hydrogen-bond acceptors (Lipinski definition) is 4. The van der Waals surface area contributed by atoms with Gasteiger partial charge in [0.1, 0.15) is 5.75 Å². The Morgan fingerprint density at radius 3 is 2.52 bits per heavy atom. The van der Waals surface area contributed by atoms with Gasteiger partial charge in [-0.3, -0.25) is 4.90 Å². The van der Waals surface area contributed by atoms with Gasteiger partial charge in [-0.2, -0.15) is 0 Å². The van der Waals surface area contributed by atoms with Crippen molar-refractivity contribution in [2.24, 2.45) is 5.73 Å². The lowest BCUT2D eigenvalue weighted by atomic mass is 9.91. The Morgan fingerprint density at radius 1 is 1.29 bits per heavy atom. The molecule has 118 valence electrons. The monoisotopic (exact) mass is 292 g/mol. The largest absolute Gasteiger partial charge is 0.497 e. The predicted molar refractivity (Wildman–Crippen MR) is 85.8 cm³/mol. The Kier molecular flexibility index (Phi) is 5.62. The highest BCUT2D eigenvalue weighted by molar-refractivity contribution is 5.27. The van der Waals surface area contributed by atoms with Crippen LogP contribution in [0.2, 0.25) is 0 Å². The molecule has 0 spiro atoms. The van der Waals surface area contributed by atoms with Crippen molar-refractivity contribution in [2.45, 2.75) is 37.8 Å². The highest BCUT2D eigenvalue weighted by Crippen LogP contribution is 2.27. The quantitative estimate of drug-likeness (QED) is 0.836. The fourth-order valence-electron chi connectivity index (χ4n) is 3.01. The Bertz CT molecular complexity index is 435. The highest BCUT2D eigenvalue weighted by Gasteiger charge is 2.35. The zero-order valence-corrected chi connectivity index (χ0v) is 13.5. The first-order chi connectivity index (χ1) is 10.1. The van der Waals surface area contributed by atoms with Crippen molar-refractivity contribution in [2.75, 3.05) is 33.9 Å². The second kappa shape index (κ2) is 7.25. The molecule has 1 fully saturated rings. The van der Waals surface area contributed by atoms with Crippen molar-refractivity contribution < 1.29 is 9.47 Å². The van der Waals surface area contributed by atoms with Crippen LogP contribution in [0.3, 0.4) is 0 Å². The van der Waals surface area contributed by atoms with Gasteiger partial charge in [-0.05, 0) is 43.9 Å². The van der Waals surface area contributed by atoms with Crippen LogP contribution in [0.4, 0.5) is 0 Å². The lowest BCUT2D eigenvalue weighted by Gasteiger charge is -2.38. The molecule has 0 amide bonds. The minimum absolute atomic E-state index is 0.0488. The standard InChI is InChI=1S/C17H28N2O2/c1-17(13-18,19-11-9-16(12-19)21-3)10-8-14-4-6-15(20-2)7-5-14/h4-7,16H,8-13,18H2,1-3H3. The molecular formula is C17H28N2O2. The highest BCUT2D eigenvalue weighted by atomic mass is 16.5. The predicted octanol–water partition coefficient (Wildman–Crippen LogP) is 2.07. The van der Waals surface area contributed by atoms with E-state index in [0.717, 1.165) is 38.1 Å². The van der Waals surface area contributed by atoms with Crippen LogP contribution in [0.15, 0.2) is 24.3 Å². The van der Waals surface area contributed by atoms with Crippen molar-refractivity contribution in [1.29, 1.82) is 0 Å². The molecular weight excluding hydrogens is 264 g/mol. The van der Waals surface area contributed by atoms with Gasteiger partial charge in [0.2, 0.25) is 0 Å². The maximum atomic E-state index is 6.08. The first-order valence-corrected chi connectivity index (χ1v) is 7.72. The molecule has 0 aromatic heterocycles. The maximum Gasteiger partial charge on any atom is 0.118 e. The molecule has 1 saturated heterocycles. The van der Waals surface area contributed by atoms with Gasteiger partial charge in [-0.1, -0.05) is 12.1 Å². The van der Waals surface area contributed by atoms with E-state index in [0.29, 0.717) is 12.6 Å². The van der Waals surface area contributed by atoms with Crippen molar-refractivity contribution in [3.05, 3.63) is 29.8 Å². The van der Waals surface area contributed by atoms with Crippen LogP contribution in [-0.2, 0) is 11.2 Å². The van der Waals surface area contributed by atoms with Crippen LogP contribution in [-0.4, -0.2) is 50.4 Å². The summed E-state index contributed by atoms with van der Waals surface area (Å²) in [6, 6.07) is 8.31. The molecule has 2 atom stereocenters. The lowest BCUT2D eigenvalue weighted by molar-refractivity contribution is 0.0768. The number of ether oxygens (including phenoxy) is 2. The minimum atomic E-state index is 0.0488. The van der Waals surface area contributed by atoms with Gasteiger partial charge in [0.25, 0.3) is 0 Å². The summed E-state index contributed by atoms with van der Waals surface area (Å²) in [4.78, 5) is 2.49. The number of benzene rings is 1. The van der Waals surface area contributed by atoms with E-state index in [2.05, 4.69) is 24.0 Å². The summed E-state index contributed by atoms with van der Waals surface area (Å²) in [5.74, 6) is 0.905. The average molecular weight is 292 g/mol. The molecule has 1 aromatic carbocycles. The summed E-state index contributed by atoms with van der Waals surface area (Å²) >= 11 is 0. The third-order valence-corrected chi connectivity index (χ3v) is 4.79. The summed E-state index contributed by atoms with van der Waals surface area (Å²) in [6.07, 6.45) is 3.56. The van der Waals surface area contributed by atoms with Crippen LogP contribution in [0.25, 0.3) is 0 Å². The van der Waals surface area contributed by atoms with E-state index >= 15 is 0 Å². The van der Waals surface area contributed by atoms with E-state index < -0.39 is 0 Å². The molecule has 2 N–H and O–H groups in total. The Labute approximate surface area is 128 Å². The summed E-state index contributed by atoms with van der Waals surface area (Å²) in [7, 11) is 3.49. The summed E-state index contributed by atoms with van der Waals surface area (Å²) in [5, 5.41) is 0. The number of nitrogens with two attached hydrogens (primary N) is 1. The first kappa shape index (κ1) is 16.3. The third-order valence-electron chi connectivity index (χ3n) is 4.79. The normalized spacial score (nSPS) is 22.2. The van der Waals surface area contributed by atoms with Crippen LogP contribution in [0, 0.1) is 0 Å². The number of nitrogens with zero attached hydrogens (tertiary/aromatic N) is 1. The summed E-state index contributed by atoms with van der Waals surface area (Å²) in [6.45, 7) is 5.02. The molecule has 1 heterocycles. The summed E-state index contributed by atoms with van der Waals surface area (Å²) < 4.78 is 10.7. The Balaban J connectivity index is 1.94. The Hall–Kier alpha value is -1.10. The van der Waals surface area contributed by atoms with E-state index in [-0.39, 0.29) is 5.54 Å². The number of rotatable bonds is 7. The van der Waals surface area contributed by atoms with Gasteiger partial charge in [0.05, 0.1) is 13.2 Å². The third kappa shape index (κ3) is 3.96. The zero-order chi connectivity index (χ0) is 15.3. The fraction of sp³-hybridized carbons (Fsp3) is 0.647. The molecule has 1 aromatic rings. The van der Waals surface area contributed by atoms with Gasteiger partial charge in [0, 0.05) is 32.3 Å². The second-order valence-corrected chi connectivity index (χ2v) is 6.14. The van der Waals surface area contributed by atoms with Crippen LogP contribution in [0.1, 0.15) is 25.3 Å². The molecule has 2 rings (SSSR count). The molecule has 0 bridgehead atoms. The van der Waals surface area contributed by atoms with Crippen molar-refractivity contribution in [3.8, 4) is 5.75 Å². The molecule has 1 aliphatic heterocycles. The molecule has 21 heavy (non-hydrogen) atoms. The zero-order valence-electron chi connectivity index (χ0n) is 13.5.